The highest BCUT2D eigenvalue weighted by Crippen LogP contribution is 2.30. The van der Waals surface area contributed by atoms with Gasteiger partial charge in [0, 0.05) is 36.7 Å². The summed E-state index contributed by atoms with van der Waals surface area (Å²) in [7, 11) is 0. The molecular formula is C20H17ClN4O2S. The molecule has 142 valence electrons. The zero-order valence-electron chi connectivity index (χ0n) is 14.9. The van der Waals surface area contributed by atoms with Crippen LogP contribution in [0, 0.1) is 0 Å². The van der Waals surface area contributed by atoms with Crippen LogP contribution in [0.15, 0.2) is 46.3 Å². The van der Waals surface area contributed by atoms with Crippen molar-refractivity contribution in [3.8, 4) is 0 Å². The Bertz CT molecular complexity index is 1150. The Hall–Kier alpha value is -2.64. The van der Waals surface area contributed by atoms with Crippen molar-refractivity contribution < 1.29 is 9.21 Å². The second-order valence-corrected chi connectivity index (χ2v) is 8.03. The van der Waals surface area contributed by atoms with Crippen LogP contribution in [0.4, 0.5) is 0 Å². The minimum Gasteiger partial charge on any atom is -0.440 e. The van der Waals surface area contributed by atoms with E-state index in [2.05, 4.69) is 9.97 Å². The normalized spacial score (nSPS) is 16.0. The molecule has 0 saturated carbocycles. The lowest BCUT2D eigenvalue weighted by atomic mass is 9.97. The van der Waals surface area contributed by atoms with Gasteiger partial charge in [-0.2, -0.15) is 0 Å². The topological polar surface area (TPSA) is 63.6 Å². The number of likely N-dealkylation sites (tertiary alicyclic amines) is 1. The molecule has 4 aromatic rings. The fraction of sp³-hybridized carbons (Fsp3) is 0.250. The van der Waals surface area contributed by atoms with Gasteiger partial charge in [0.25, 0.3) is 0 Å². The number of amides is 1. The van der Waals surface area contributed by atoms with E-state index in [4.69, 9.17) is 16.0 Å². The Morgan fingerprint density at radius 2 is 2.07 bits per heavy atom. The molecule has 8 heteroatoms. The van der Waals surface area contributed by atoms with Crippen molar-refractivity contribution >= 4 is 51.0 Å². The van der Waals surface area contributed by atoms with Crippen LogP contribution in [0.5, 0.6) is 0 Å². The monoisotopic (exact) mass is 412 g/mol. The summed E-state index contributed by atoms with van der Waals surface area (Å²) in [6.07, 6.45) is 6.90. The molecule has 0 bridgehead atoms. The predicted octanol–water partition coefficient (Wildman–Crippen LogP) is 4.61. The highest BCUT2D eigenvalue weighted by Gasteiger charge is 2.26. The lowest BCUT2D eigenvalue weighted by molar-refractivity contribution is -0.127. The molecule has 1 aliphatic heterocycles. The van der Waals surface area contributed by atoms with Gasteiger partial charge in [0.1, 0.15) is 5.52 Å². The Labute approximate surface area is 170 Å². The van der Waals surface area contributed by atoms with Gasteiger partial charge in [-0.3, -0.25) is 9.20 Å². The standard InChI is InChI=1S/C20H17ClN4O2S/c21-18-15(25-11-12-28-20(25)23-18)5-6-17(26)24-9-7-13(8-10-24)19-22-14-3-1-2-4-16(14)27-19/h1-6,11-13H,7-10H2/b6-5+. The Balaban J connectivity index is 1.25. The van der Waals surface area contributed by atoms with E-state index in [1.807, 2.05) is 45.1 Å². The third-order valence-corrected chi connectivity index (χ3v) is 6.14. The quantitative estimate of drug-likeness (QED) is 0.461. The average molecular weight is 413 g/mol. The molecule has 0 unspecified atom stereocenters. The van der Waals surface area contributed by atoms with E-state index in [-0.39, 0.29) is 11.8 Å². The number of fused-ring (bicyclic) bond motifs is 2. The summed E-state index contributed by atoms with van der Waals surface area (Å²) in [5, 5.41) is 2.35. The first-order chi connectivity index (χ1) is 13.7. The highest BCUT2D eigenvalue weighted by molar-refractivity contribution is 7.15. The van der Waals surface area contributed by atoms with Gasteiger partial charge in [-0.1, -0.05) is 23.7 Å². The maximum atomic E-state index is 12.6. The van der Waals surface area contributed by atoms with E-state index in [0.717, 1.165) is 40.5 Å². The minimum atomic E-state index is -0.0164. The number of hydrogen-bond donors (Lipinski definition) is 0. The van der Waals surface area contributed by atoms with Crippen molar-refractivity contribution in [2.24, 2.45) is 0 Å². The van der Waals surface area contributed by atoms with Crippen molar-refractivity contribution in [3.63, 3.8) is 0 Å². The zero-order chi connectivity index (χ0) is 19.1. The molecule has 0 N–H and O–H groups in total. The van der Waals surface area contributed by atoms with E-state index in [9.17, 15) is 4.79 Å². The second kappa shape index (κ2) is 7.07. The molecule has 5 rings (SSSR count). The number of halogens is 1. The van der Waals surface area contributed by atoms with Gasteiger partial charge in [0.05, 0.1) is 5.69 Å². The van der Waals surface area contributed by atoms with Crippen LogP contribution >= 0.6 is 22.9 Å². The second-order valence-electron chi connectivity index (χ2n) is 6.80. The first-order valence-corrected chi connectivity index (χ1v) is 10.4. The van der Waals surface area contributed by atoms with Gasteiger partial charge in [-0.25, -0.2) is 9.97 Å². The van der Waals surface area contributed by atoms with E-state index in [1.54, 1.807) is 12.2 Å². The zero-order valence-corrected chi connectivity index (χ0v) is 16.5. The van der Waals surface area contributed by atoms with Crippen molar-refractivity contribution in [2.45, 2.75) is 18.8 Å². The van der Waals surface area contributed by atoms with E-state index >= 15 is 0 Å². The van der Waals surface area contributed by atoms with Crippen LogP contribution in [0.2, 0.25) is 5.15 Å². The Kier molecular flexibility index (Phi) is 4.41. The predicted molar refractivity (Wildman–Crippen MR) is 110 cm³/mol. The number of oxazole rings is 1. The number of thiazole rings is 1. The third-order valence-electron chi connectivity index (χ3n) is 5.10. The highest BCUT2D eigenvalue weighted by atomic mass is 35.5. The van der Waals surface area contributed by atoms with E-state index in [0.29, 0.717) is 18.2 Å². The van der Waals surface area contributed by atoms with Crippen LogP contribution in [0.1, 0.15) is 30.3 Å². The fourth-order valence-corrected chi connectivity index (χ4v) is 4.60. The summed E-state index contributed by atoms with van der Waals surface area (Å²) >= 11 is 7.69. The molecule has 6 nitrogen and oxygen atoms in total. The molecule has 28 heavy (non-hydrogen) atoms. The van der Waals surface area contributed by atoms with Crippen molar-refractivity contribution in [2.75, 3.05) is 13.1 Å². The maximum absolute atomic E-state index is 12.6. The number of para-hydroxylation sites is 2. The average Bonchev–Trinajstić information content (AvgIpc) is 3.41. The molecule has 1 aromatic carbocycles. The van der Waals surface area contributed by atoms with Gasteiger partial charge < -0.3 is 9.32 Å². The van der Waals surface area contributed by atoms with Crippen LogP contribution < -0.4 is 0 Å². The number of hydrogen-bond acceptors (Lipinski definition) is 5. The lowest BCUT2D eigenvalue weighted by Gasteiger charge is -2.29. The largest absolute Gasteiger partial charge is 0.440 e. The Morgan fingerprint density at radius 1 is 1.25 bits per heavy atom. The van der Waals surface area contributed by atoms with Gasteiger partial charge in [-0.05, 0) is 31.1 Å². The van der Waals surface area contributed by atoms with E-state index in [1.165, 1.54) is 11.3 Å². The number of carbonyl (C=O) groups is 1. The van der Waals surface area contributed by atoms with Crippen LogP contribution in [-0.4, -0.2) is 38.3 Å². The van der Waals surface area contributed by atoms with Crippen LogP contribution in [0.25, 0.3) is 22.1 Å². The number of nitrogens with zero attached hydrogens (tertiary/aromatic N) is 4. The van der Waals surface area contributed by atoms with Crippen LogP contribution in [0.3, 0.4) is 0 Å². The molecule has 1 fully saturated rings. The molecule has 3 aromatic heterocycles. The number of rotatable bonds is 3. The summed E-state index contributed by atoms with van der Waals surface area (Å²) in [6, 6.07) is 7.79. The molecule has 1 aliphatic rings. The van der Waals surface area contributed by atoms with Crippen LogP contribution in [-0.2, 0) is 4.79 Å². The molecule has 0 aliphatic carbocycles. The van der Waals surface area contributed by atoms with Crippen molar-refractivity contribution in [1.29, 1.82) is 0 Å². The summed E-state index contributed by atoms with van der Waals surface area (Å²) in [5.74, 6) is 1.00. The molecule has 0 atom stereocenters. The van der Waals surface area contributed by atoms with Crippen molar-refractivity contribution in [3.05, 3.63) is 58.7 Å². The van der Waals surface area contributed by atoms with Gasteiger partial charge in [0.2, 0.25) is 5.91 Å². The first-order valence-electron chi connectivity index (χ1n) is 9.12. The molecule has 1 amide bonds. The number of piperidine rings is 1. The van der Waals surface area contributed by atoms with Crippen molar-refractivity contribution in [1.82, 2.24) is 19.3 Å². The molecule has 0 radical (unpaired) electrons. The summed E-state index contributed by atoms with van der Waals surface area (Å²) in [6.45, 7) is 1.36. The lowest BCUT2D eigenvalue weighted by Crippen LogP contribution is -2.36. The smallest absolute Gasteiger partial charge is 0.246 e. The van der Waals surface area contributed by atoms with Gasteiger partial charge in [0.15, 0.2) is 21.6 Å². The molecule has 1 saturated heterocycles. The van der Waals surface area contributed by atoms with Gasteiger partial charge in [-0.15, -0.1) is 11.3 Å². The number of benzene rings is 1. The maximum Gasteiger partial charge on any atom is 0.246 e. The Morgan fingerprint density at radius 3 is 2.89 bits per heavy atom. The third kappa shape index (κ3) is 3.10. The summed E-state index contributed by atoms with van der Waals surface area (Å²) in [5.41, 5.74) is 2.43. The van der Waals surface area contributed by atoms with Gasteiger partial charge >= 0.3 is 0 Å². The first kappa shape index (κ1) is 17.5. The SMILES string of the molecule is O=C(/C=C/c1c(Cl)nc2sccn12)N1CCC(c2nc3ccccc3o2)CC1. The fourth-order valence-electron chi connectivity index (χ4n) is 3.59. The summed E-state index contributed by atoms with van der Waals surface area (Å²) < 4.78 is 7.78. The molecule has 4 heterocycles. The van der Waals surface area contributed by atoms with E-state index < -0.39 is 0 Å². The minimum absolute atomic E-state index is 0.0164. The molecular weight excluding hydrogens is 396 g/mol. The summed E-state index contributed by atoms with van der Waals surface area (Å²) in [4.78, 5) is 24.1. The number of aromatic nitrogens is 3. The number of imidazole rings is 1. The molecule has 0 spiro atoms. The number of carbonyl (C=O) groups excluding carboxylic acids is 1.